The average molecular weight is 651 g/mol. The highest BCUT2D eigenvalue weighted by Gasteiger charge is 2.27. The monoisotopic (exact) mass is 650 g/mol. The molecule has 0 atom stereocenters. The third-order valence-corrected chi connectivity index (χ3v) is 10.4. The number of para-hydroxylation sites is 1. The van der Waals surface area contributed by atoms with Gasteiger partial charge in [-0.15, -0.1) is 0 Å². The zero-order valence-electron chi connectivity index (χ0n) is 23.1. The molecule has 2 saturated heterocycles. The van der Waals surface area contributed by atoms with E-state index in [9.17, 15) is 21.6 Å². The lowest BCUT2D eigenvalue weighted by Gasteiger charge is -2.30. The highest BCUT2D eigenvalue weighted by Crippen LogP contribution is 2.32. The van der Waals surface area contributed by atoms with Crippen LogP contribution in [0.3, 0.4) is 0 Å². The number of carbonyl (C=O) groups excluding carboxylic acids is 1. The highest BCUT2D eigenvalue weighted by atomic mass is 35.5. The van der Waals surface area contributed by atoms with Crippen molar-refractivity contribution < 1.29 is 35.8 Å². The number of halogens is 1. The number of hydrogen-bond donors (Lipinski definition) is 2. The Morgan fingerprint density at radius 3 is 2.19 bits per heavy atom. The topological polar surface area (TPSA) is 144 Å². The Morgan fingerprint density at radius 1 is 0.860 bits per heavy atom. The maximum Gasteiger partial charge on any atom is 0.264 e. The lowest BCUT2D eigenvalue weighted by molar-refractivity contribution is -0.118. The molecule has 2 N–H and O–H groups in total. The first kappa shape index (κ1) is 31.0. The van der Waals surface area contributed by atoms with Crippen LogP contribution in [0, 0.1) is 0 Å². The molecule has 0 spiro atoms. The van der Waals surface area contributed by atoms with Crippen molar-refractivity contribution in [2.24, 2.45) is 0 Å². The van der Waals surface area contributed by atoms with Crippen LogP contribution < -0.4 is 19.7 Å². The summed E-state index contributed by atoms with van der Waals surface area (Å²) in [6.45, 7) is 2.77. The van der Waals surface area contributed by atoms with E-state index in [-0.39, 0.29) is 45.9 Å². The number of morpholine rings is 2. The smallest absolute Gasteiger partial charge is 0.264 e. The predicted octanol–water partition coefficient (Wildman–Crippen LogP) is 3.02. The minimum Gasteiger partial charge on any atom is -0.484 e. The summed E-state index contributed by atoms with van der Waals surface area (Å²) in [6, 6.07) is 16.9. The van der Waals surface area contributed by atoms with Crippen LogP contribution in [0.15, 0.2) is 76.5 Å². The Kier molecular flexibility index (Phi) is 9.74. The number of anilines is 3. The second kappa shape index (κ2) is 13.5. The molecule has 15 heteroatoms. The predicted molar refractivity (Wildman–Crippen MR) is 162 cm³/mol. The highest BCUT2D eigenvalue weighted by molar-refractivity contribution is 7.93. The molecule has 2 aliphatic heterocycles. The van der Waals surface area contributed by atoms with Gasteiger partial charge in [0.05, 0.1) is 47.7 Å². The van der Waals surface area contributed by atoms with Gasteiger partial charge in [-0.1, -0.05) is 23.7 Å². The van der Waals surface area contributed by atoms with Crippen molar-refractivity contribution in [3.05, 3.63) is 71.8 Å². The van der Waals surface area contributed by atoms with Crippen molar-refractivity contribution in [2.45, 2.75) is 9.79 Å². The second-order valence-corrected chi connectivity index (χ2v) is 13.7. The van der Waals surface area contributed by atoms with Gasteiger partial charge in [-0.3, -0.25) is 9.52 Å². The molecular weight excluding hydrogens is 620 g/mol. The van der Waals surface area contributed by atoms with Crippen LogP contribution in [0.2, 0.25) is 5.02 Å². The van der Waals surface area contributed by atoms with E-state index in [4.69, 9.17) is 25.8 Å². The molecule has 3 aromatic carbocycles. The van der Waals surface area contributed by atoms with Gasteiger partial charge in [-0.05, 0) is 54.6 Å². The zero-order valence-corrected chi connectivity index (χ0v) is 25.5. The lowest BCUT2D eigenvalue weighted by Crippen LogP contribution is -2.40. The van der Waals surface area contributed by atoms with Gasteiger partial charge in [0.1, 0.15) is 10.6 Å². The Morgan fingerprint density at radius 2 is 1.51 bits per heavy atom. The fraction of sp³-hybridized carbons (Fsp3) is 0.321. The molecule has 2 heterocycles. The Balaban J connectivity index is 1.28. The van der Waals surface area contributed by atoms with Gasteiger partial charge in [0.2, 0.25) is 10.0 Å². The minimum atomic E-state index is -4.11. The Labute approximate surface area is 255 Å². The van der Waals surface area contributed by atoms with Crippen LogP contribution >= 0.6 is 11.6 Å². The van der Waals surface area contributed by atoms with Crippen molar-refractivity contribution in [3.63, 3.8) is 0 Å². The van der Waals surface area contributed by atoms with E-state index in [1.165, 1.54) is 34.6 Å². The molecule has 1 amide bonds. The van der Waals surface area contributed by atoms with Gasteiger partial charge in [-0.2, -0.15) is 4.31 Å². The summed E-state index contributed by atoms with van der Waals surface area (Å²) in [4.78, 5) is 14.7. The average Bonchev–Trinajstić information content (AvgIpc) is 3.02. The first-order chi connectivity index (χ1) is 20.6. The van der Waals surface area contributed by atoms with Gasteiger partial charge < -0.3 is 24.4 Å². The molecular formula is C28H31ClN4O8S2. The van der Waals surface area contributed by atoms with Crippen molar-refractivity contribution in [2.75, 3.05) is 74.2 Å². The summed E-state index contributed by atoms with van der Waals surface area (Å²) in [5.41, 5.74) is 0.935. The van der Waals surface area contributed by atoms with Crippen molar-refractivity contribution >= 4 is 54.6 Å². The molecule has 2 fully saturated rings. The number of carbonyl (C=O) groups is 1. The van der Waals surface area contributed by atoms with Crippen LogP contribution in [-0.2, 0) is 34.3 Å². The second-order valence-electron chi connectivity index (χ2n) is 9.69. The molecule has 0 radical (unpaired) electrons. The van der Waals surface area contributed by atoms with Gasteiger partial charge >= 0.3 is 0 Å². The maximum atomic E-state index is 13.5. The summed E-state index contributed by atoms with van der Waals surface area (Å²) in [5, 5.41) is 2.91. The molecule has 5 rings (SSSR count). The minimum absolute atomic E-state index is 0.0369. The van der Waals surface area contributed by atoms with E-state index in [1.54, 1.807) is 36.4 Å². The summed E-state index contributed by atoms with van der Waals surface area (Å²) >= 11 is 6.20. The number of hydrogen-bond acceptors (Lipinski definition) is 9. The number of benzene rings is 3. The molecule has 0 aliphatic carbocycles. The fourth-order valence-electron chi connectivity index (χ4n) is 4.61. The normalized spacial score (nSPS) is 16.4. The number of rotatable bonds is 10. The van der Waals surface area contributed by atoms with Crippen molar-refractivity contribution in [1.82, 2.24) is 4.31 Å². The summed E-state index contributed by atoms with van der Waals surface area (Å²) in [6.07, 6.45) is 0. The van der Waals surface area contributed by atoms with Gasteiger partial charge in [0.25, 0.3) is 15.9 Å². The third-order valence-electron chi connectivity index (χ3n) is 6.80. The van der Waals surface area contributed by atoms with Crippen LogP contribution in [0.5, 0.6) is 5.75 Å². The molecule has 2 aliphatic rings. The van der Waals surface area contributed by atoms with E-state index in [0.29, 0.717) is 51.0 Å². The molecule has 230 valence electrons. The van der Waals surface area contributed by atoms with Crippen LogP contribution in [-0.4, -0.2) is 86.3 Å². The standard InChI is InChI=1S/C28H31ClN4O8S2/c29-24-3-1-2-4-25(24)31-42(35,36)27-19-21(5-10-26(27)32-11-15-39-16-12-32)30-28(34)20-41-22-6-8-23(9-7-22)43(37,38)33-13-17-40-18-14-33/h1-10,19,31H,11-18,20H2,(H,30,34). The number of nitrogens with zero attached hydrogens (tertiary/aromatic N) is 2. The lowest BCUT2D eigenvalue weighted by atomic mass is 10.2. The molecule has 0 aromatic heterocycles. The quantitative estimate of drug-likeness (QED) is 0.338. The van der Waals surface area contributed by atoms with Gasteiger partial charge in [-0.25, -0.2) is 16.8 Å². The first-order valence-corrected chi connectivity index (χ1v) is 16.8. The first-order valence-electron chi connectivity index (χ1n) is 13.5. The Bertz CT molecular complexity index is 1660. The van der Waals surface area contributed by atoms with Gasteiger partial charge in [0.15, 0.2) is 6.61 Å². The number of ether oxygens (including phenoxy) is 3. The van der Waals surface area contributed by atoms with E-state index in [0.717, 1.165) is 0 Å². The summed E-state index contributed by atoms with van der Waals surface area (Å²) in [5.74, 6) is -0.238. The number of sulfonamides is 2. The molecule has 12 nitrogen and oxygen atoms in total. The van der Waals surface area contributed by atoms with Gasteiger partial charge in [0, 0.05) is 31.9 Å². The summed E-state index contributed by atoms with van der Waals surface area (Å²) < 4.78 is 72.8. The largest absolute Gasteiger partial charge is 0.484 e. The van der Waals surface area contributed by atoms with E-state index < -0.39 is 26.0 Å². The fourth-order valence-corrected chi connectivity index (χ4v) is 7.59. The Hall–Kier alpha value is -3.40. The van der Waals surface area contributed by atoms with E-state index >= 15 is 0 Å². The molecule has 0 saturated carbocycles. The zero-order chi connectivity index (χ0) is 30.5. The number of amides is 1. The molecule has 3 aromatic rings. The van der Waals surface area contributed by atoms with Crippen molar-refractivity contribution in [1.29, 1.82) is 0 Å². The van der Waals surface area contributed by atoms with Crippen LogP contribution in [0.25, 0.3) is 0 Å². The van der Waals surface area contributed by atoms with Crippen LogP contribution in [0.4, 0.5) is 17.1 Å². The summed E-state index contributed by atoms with van der Waals surface area (Å²) in [7, 11) is -7.77. The third kappa shape index (κ3) is 7.58. The SMILES string of the molecule is O=C(COc1ccc(S(=O)(=O)N2CCOCC2)cc1)Nc1ccc(N2CCOCC2)c(S(=O)(=O)Nc2ccccc2Cl)c1. The van der Waals surface area contributed by atoms with E-state index in [1.807, 2.05) is 4.90 Å². The maximum absolute atomic E-state index is 13.5. The molecule has 0 bridgehead atoms. The van der Waals surface area contributed by atoms with Crippen LogP contribution in [0.1, 0.15) is 0 Å². The molecule has 0 unspecified atom stereocenters. The van der Waals surface area contributed by atoms with E-state index in [2.05, 4.69) is 10.0 Å². The number of nitrogens with one attached hydrogen (secondary N) is 2. The van der Waals surface area contributed by atoms with Crippen molar-refractivity contribution in [3.8, 4) is 5.75 Å². The molecule has 43 heavy (non-hydrogen) atoms.